The highest BCUT2D eigenvalue weighted by Crippen LogP contribution is 2.42. The highest BCUT2D eigenvalue weighted by molar-refractivity contribution is 6.21. The first-order valence-corrected chi connectivity index (χ1v) is 15.7. The van der Waals surface area contributed by atoms with E-state index in [-0.39, 0.29) is 0 Å². The molecule has 2 nitrogen and oxygen atoms in total. The molecule has 9 rings (SSSR count). The van der Waals surface area contributed by atoms with Crippen LogP contribution in [-0.2, 0) is 0 Å². The maximum absolute atomic E-state index is 5.35. The van der Waals surface area contributed by atoms with Gasteiger partial charge in [-0.15, -0.1) is 0 Å². The summed E-state index contributed by atoms with van der Waals surface area (Å²) in [7, 11) is 0. The van der Waals surface area contributed by atoms with Gasteiger partial charge < -0.3 is 0 Å². The van der Waals surface area contributed by atoms with Crippen LogP contribution in [0.2, 0.25) is 0 Å². The van der Waals surface area contributed by atoms with Crippen LogP contribution in [-0.4, -0.2) is 9.97 Å². The highest BCUT2D eigenvalue weighted by atomic mass is 14.9. The van der Waals surface area contributed by atoms with E-state index in [1.54, 1.807) is 0 Å². The van der Waals surface area contributed by atoms with E-state index in [1.807, 2.05) is 6.07 Å². The lowest BCUT2D eigenvalue weighted by atomic mass is 9.90. The third kappa shape index (κ3) is 4.35. The van der Waals surface area contributed by atoms with Gasteiger partial charge in [0.05, 0.1) is 11.4 Å². The maximum atomic E-state index is 5.35. The molecule has 0 atom stereocenters. The Morgan fingerprint density at radius 2 is 0.891 bits per heavy atom. The number of benzene rings is 8. The molecule has 0 saturated heterocycles. The molecule has 1 aromatic heterocycles. The van der Waals surface area contributed by atoms with Gasteiger partial charge in [0.25, 0.3) is 0 Å². The Balaban J connectivity index is 1.39. The lowest BCUT2D eigenvalue weighted by Crippen LogP contribution is -1.98. The van der Waals surface area contributed by atoms with Crippen LogP contribution in [0.25, 0.3) is 88.1 Å². The number of rotatable bonds is 4. The Morgan fingerprint density at radius 3 is 1.72 bits per heavy atom. The van der Waals surface area contributed by atoms with Crippen molar-refractivity contribution in [2.75, 3.05) is 0 Å². The van der Waals surface area contributed by atoms with E-state index in [1.165, 1.54) is 48.7 Å². The van der Waals surface area contributed by atoms with Gasteiger partial charge in [-0.3, -0.25) is 0 Å². The van der Waals surface area contributed by atoms with Gasteiger partial charge in [0.2, 0.25) is 0 Å². The molecule has 46 heavy (non-hydrogen) atoms. The third-order valence-electron chi connectivity index (χ3n) is 9.05. The molecule has 2 heteroatoms. The molecular formula is C44H28N2. The molecule has 0 aliphatic carbocycles. The van der Waals surface area contributed by atoms with Crippen molar-refractivity contribution < 1.29 is 0 Å². The average Bonchev–Trinajstić information content (AvgIpc) is 3.13. The monoisotopic (exact) mass is 584 g/mol. The van der Waals surface area contributed by atoms with Crippen LogP contribution in [0.1, 0.15) is 0 Å². The minimum atomic E-state index is 0.710. The summed E-state index contributed by atoms with van der Waals surface area (Å²) in [6, 6.07) is 60.3. The number of aromatic nitrogens is 2. The van der Waals surface area contributed by atoms with Crippen LogP contribution in [0.5, 0.6) is 0 Å². The van der Waals surface area contributed by atoms with Crippen LogP contribution in [0.15, 0.2) is 170 Å². The molecule has 0 spiro atoms. The van der Waals surface area contributed by atoms with E-state index in [0.29, 0.717) is 5.82 Å². The summed E-state index contributed by atoms with van der Waals surface area (Å²) in [4.78, 5) is 10.6. The fourth-order valence-corrected chi connectivity index (χ4v) is 6.94. The fraction of sp³-hybridized carbons (Fsp3) is 0. The van der Waals surface area contributed by atoms with Gasteiger partial charge in [0, 0.05) is 16.7 Å². The van der Waals surface area contributed by atoms with Gasteiger partial charge in [-0.2, -0.15) is 0 Å². The maximum Gasteiger partial charge on any atom is 0.160 e. The number of hydrogen-bond donors (Lipinski definition) is 0. The van der Waals surface area contributed by atoms with Gasteiger partial charge >= 0.3 is 0 Å². The summed E-state index contributed by atoms with van der Waals surface area (Å²) in [6.07, 6.45) is 0. The predicted octanol–water partition coefficient (Wildman–Crippen LogP) is 11.8. The lowest BCUT2D eigenvalue weighted by molar-refractivity contribution is 1.19. The molecule has 0 aliphatic heterocycles. The average molecular weight is 585 g/mol. The van der Waals surface area contributed by atoms with Crippen LogP contribution in [0.3, 0.4) is 0 Å². The standard InChI is InChI=1S/C44H28N2/c1-2-15-31(16-3-1)44-45-40(39-23-11-10-22-38(39)37-24-12-18-29-13-4-7-19-34(29)37)28-41(46-44)43-36-21-9-6-17-32(36)27-33-26-25-30-14-5-8-20-35(30)42(33)43/h1-28H. The van der Waals surface area contributed by atoms with E-state index in [2.05, 4.69) is 164 Å². The topological polar surface area (TPSA) is 25.8 Å². The van der Waals surface area contributed by atoms with Crippen molar-refractivity contribution in [1.82, 2.24) is 9.97 Å². The molecule has 0 N–H and O–H groups in total. The molecule has 0 saturated carbocycles. The van der Waals surface area contributed by atoms with Crippen molar-refractivity contribution in [3.05, 3.63) is 170 Å². The molecule has 8 aromatic carbocycles. The van der Waals surface area contributed by atoms with Gasteiger partial charge in [-0.1, -0.05) is 158 Å². The van der Waals surface area contributed by atoms with E-state index in [0.717, 1.165) is 33.6 Å². The summed E-state index contributed by atoms with van der Waals surface area (Å²) in [5.41, 5.74) is 7.35. The summed E-state index contributed by atoms with van der Waals surface area (Å²) in [5.74, 6) is 0.710. The summed E-state index contributed by atoms with van der Waals surface area (Å²) in [6.45, 7) is 0. The minimum Gasteiger partial charge on any atom is -0.228 e. The second-order valence-corrected chi connectivity index (χ2v) is 11.8. The van der Waals surface area contributed by atoms with Crippen LogP contribution in [0, 0.1) is 0 Å². The number of nitrogens with zero attached hydrogens (tertiary/aromatic N) is 2. The Bertz CT molecular complexity index is 2580. The van der Waals surface area contributed by atoms with Crippen molar-refractivity contribution in [2.24, 2.45) is 0 Å². The van der Waals surface area contributed by atoms with Crippen molar-refractivity contribution in [2.45, 2.75) is 0 Å². The molecule has 1 heterocycles. The second-order valence-electron chi connectivity index (χ2n) is 11.8. The quantitative estimate of drug-likeness (QED) is 0.152. The number of fused-ring (bicyclic) bond motifs is 5. The summed E-state index contributed by atoms with van der Waals surface area (Å²) >= 11 is 0. The first-order valence-electron chi connectivity index (χ1n) is 15.7. The predicted molar refractivity (Wildman–Crippen MR) is 194 cm³/mol. The largest absolute Gasteiger partial charge is 0.228 e. The third-order valence-corrected chi connectivity index (χ3v) is 9.05. The van der Waals surface area contributed by atoms with Crippen LogP contribution in [0.4, 0.5) is 0 Å². The lowest BCUT2D eigenvalue weighted by Gasteiger charge is -2.17. The van der Waals surface area contributed by atoms with Crippen molar-refractivity contribution in [1.29, 1.82) is 0 Å². The molecule has 0 radical (unpaired) electrons. The normalized spacial score (nSPS) is 11.5. The van der Waals surface area contributed by atoms with Gasteiger partial charge in [0.1, 0.15) is 0 Å². The van der Waals surface area contributed by atoms with Crippen molar-refractivity contribution in [3.8, 4) is 45.0 Å². The molecule has 9 aromatic rings. The van der Waals surface area contributed by atoms with Gasteiger partial charge in [-0.25, -0.2) is 9.97 Å². The Hall–Kier alpha value is -6.12. The Labute approximate surface area is 267 Å². The molecule has 0 bridgehead atoms. The zero-order valence-electron chi connectivity index (χ0n) is 25.1. The van der Waals surface area contributed by atoms with E-state index < -0.39 is 0 Å². The van der Waals surface area contributed by atoms with E-state index >= 15 is 0 Å². The Kier molecular flexibility index (Phi) is 6.17. The zero-order valence-corrected chi connectivity index (χ0v) is 25.1. The van der Waals surface area contributed by atoms with Crippen LogP contribution < -0.4 is 0 Å². The summed E-state index contributed by atoms with van der Waals surface area (Å²) in [5, 5.41) is 9.66. The fourth-order valence-electron chi connectivity index (χ4n) is 6.94. The molecular weight excluding hydrogens is 556 g/mol. The SMILES string of the molecule is c1ccc(-c2nc(-c3ccccc3-c3cccc4ccccc34)cc(-c3c4ccccc4cc4ccc5ccccc5c34)n2)cc1. The van der Waals surface area contributed by atoms with E-state index in [9.17, 15) is 0 Å². The smallest absolute Gasteiger partial charge is 0.160 e. The zero-order chi connectivity index (χ0) is 30.5. The highest BCUT2D eigenvalue weighted by Gasteiger charge is 2.19. The second kappa shape index (κ2) is 10.8. The molecule has 0 amide bonds. The summed E-state index contributed by atoms with van der Waals surface area (Å²) < 4.78 is 0. The first kappa shape index (κ1) is 26.3. The first-order chi connectivity index (χ1) is 22.8. The molecule has 0 unspecified atom stereocenters. The van der Waals surface area contributed by atoms with E-state index in [4.69, 9.17) is 9.97 Å². The Morgan fingerprint density at radius 1 is 0.326 bits per heavy atom. The van der Waals surface area contributed by atoms with Gasteiger partial charge in [-0.05, 0) is 66.3 Å². The van der Waals surface area contributed by atoms with Crippen molar-refractivity contribution >= 4 is 43.1 Å². The molecule has 0 fully saturated rings. The molecule has 214 valence electrons. The van der Waals surface area contributed by atoms with Crippen LogP contribution >= 0.6 is 0 Å². The van der Waals surface area contributed by atoms with Gasteiger partial charge in [0.15, 0.2) is 5.82 Å². The molecule has 0 aliphatic rings. The minimum absolute atomic E-state index is 0.710. The number of hydrogen-bond acceptors (Lipinski definition) is 2. The van der Waals surface area contributed by atoms with Crippen molar-refractivity contribution in [3.63, 3.8) is 0 Å².